The summed E-state index contributed by atoms with van der Waals surface area (Å²) < 4.78 is 12.8. The molecule has 0 aliphatic rings. The van der Waals surface area contributed by atoms with Crippen LogP contribution < -0.4 is 0 Å². The number of rotatable bonds is 4. The molecular weight excluding hydrogens is 139 g/mol. The van der Waals surface area contributed by atoms with Crippen molar-refractivity contribution in [1.29, 1.82) is 0 Å². The molecule has 1 unspecified atom stereocenters. The second-order valence-corrected chi connectivity index (χ2v) is 2.86. The van der Waals surface area contributed by atoms with Crippen molar-refractivity contribution in [1.82, 2.24) is 0 Å². The van der Waals surface area contributed by atoms with Crippen molar-refractivity contribution in [2.24, 2.45) is 5.92 Å². The molecule has 0 N–H and O–H groups in total. The Morgan fingerprint density at radius 2 is 2.18 bits per heavy atom. The van der Waals surface area contributed by atoms with E-state index >= 15 is 0 Å². The van der Waals surface area contributed by atoms with Gasteiger partial charge < -0.3 is 0 Å². The molecule has 0 amide bonds. The van der Waals surface area contributed by atoms with Crippen LogP contribution in [0, 0.1) is 5.92 Å². The van der Waals surface area contributed by atoms with Crippen molar-refractivity contribution in [3.05, 3.63) is 24.1 Å². The molecule has 0 radical (unpaired) electrons. The molecule has 0 aromatic heterocycles. The predicted octanol–water partition coefficient (Wildman–Crippen LogP) is 3.85. The first kappa shape index (κ1) is 10.4. The summed E-state index contributed by atoms with van der Waals surface area (Å²) in [5, 5.41) is 0. The Morgan fingerprint density at radius 3 is 2.64 bits per heavy atom. The molecule has 0 saturated carbocycles. The third-order valence-electron chi connectivity index (χ3n) is 1.71. The van der Waals surface area contributed by atoms with Crippen molar-refractivity contribution in [3.8, 4) is 0 Å². The molecule has 0 aliphatic carbocycles. The van der Waals surface area contributed by atoms with Gasteiger partial charge in [0.2, 0.25) is 0 Å². The Labute approximate surface area is 68.8 Å². The lowest BCUT2D eigenvalue weighted by atomic mass is 10.0. The minimum atomic E-state index is -0.0162. The van der Waals surface area contributed by atoms with Crippen LogP contribution in [0.2, 0.25) is 0 Å². The average molecular weight is 156 g/mol. The molecule has 1 atom stereocenters. The number of hydrogen-bond donors (Lipinski definition) is 0. The topological polar surface area (TPSA) is 0 Å². The van der Waals surface area contributed by atoms with Crippen molar-refractivity contribution >= 4 is 0 Å². The molecule has 1 heteroatoms. The van der Waals surface area contributed by atoms with Gasteiger partial charge in [-0.3, -0.25) is 0 Å². The van der Waals surface area contributed by atoms with Crippen LogP contribution in [0.25, 0.3) is 0 Å². The van der Waals surface area contributed by atoms with E-state index in [0.29, 0.717) is 12.3 Å². The molecule has 0 fully saturated rings. The molecule has 0 aromatic rings. The summed E-state index contributed by atoms with van der Waals surface area (Å²) in [7, 11) is 0. The molecule has 11 heavy (non-hydrogen) atoms. The van der Waals surface area contributed by atoms with E-state index < -0.39 is 0 Å². The number of hydrogen-bond acceptors (Lipinski definition) is 0. The van der Waals surface area contributed by atoms with Crippen molar-refractivity contribution in [3.63, 3.8) is 0 Å². The molecular formula is C10H17F. The predicted molar refractivity (Wildman–Crippen MR) is 48.1 cm³/mol. The fourth-order valence-corrected chi connectivity index (χ4v) is 0.746. The minimum Gasteiger partial charge on any atom is -0.212 e. The van der Waals surface area contributed by atoms with Crippen LogP contribution in [0.5, 0.6) is 0 Å². The zero-order chi connectivity index (χ0) is 8.69. The van der Waals surface area contributed by atoms with Crippen LogP contribution in [0.3, 0.4) is 0 Å². The molecule has 0 rings (SSSR count). The summed E-state index contributed by atoms with van der Waals surface area (Å²) in [5.74, 6) is 0.439. The van der Waals surface area contributed by atoms with Gasteiger partial charge in [-0.2, -0.15) is 0 Å². The maximum absolute atomic E-state index is 12.8. The molecule has 0 heterocycles. The summed E-state index contributed by atoms with van der Waals surface area (Å²) >= 11 is 0. The number of halogens is 1. The van der Waals surface area contributed by atoms with Gasteiger partial charge in [0.05, 0.1) is 0 Å². The second-order valence-electron chi connectivity index (χ2n) is 2.86. The lowest BCUT2D eigenvalue weighted by Gasteiger charge is -2.04. The third-order valence-corrected chi connectivity index (χ3v) is 1.71. The quantitative estimate of drug-likeness (QED) is 0.542. The maximum Gasteiger partial charge on any atom is 0.100 e. The SMILES string of the molecule is CC=CC=C(F)CC(C)CC. The van der Waals surface area contributed by atoms with Gasteiger partial charge in [-0.25, -0.2) is 4.39 Å². The van der Waals surface area contributed by atoms with Gasteiger partial charge >= 0.3 is 0 Å². The summed E-state index contributed by atoms with van der Waals surface area (Å²) in [5.41, 5.74) is 0. The van der Waals surface area contributed by atoms with E-state index in [2.05, 4.69) is 13.8 Å². The van der Waals surface area contributed by atoms with Gasteiger partial charge in [0.15, 0.2) is 0 Å². The fraction of sp³-hybridized carbons (Fsp3) is 0.600. The standard InChI is InChI=1S/C10H17F/c1-4-6-7-10(11)8-9(3)5-2/h4,6-7,9H,5,8H2,1-3H3. The zero-order valence-corrected chi connectivity index (χ0v) is 7.60. The zero-order valence-electron chi connectivity index (χ0n) is 7.60. The largest absolute Gasteiger partial charge is 0.212 e. The first-order valence-electron chi connectivity index (χ1n) is 4.18. The smallest absolute Gasteiger partial charge is 0.100 e. The van der Waals surface area contributed by atoms with E-state index in [4.69, 9.17) is 0 Å². The van der Waals surface area contributed by atoms with Gasteiger partial charge in [-0.05, 0) is 18.9 Å². The Hall–Kier alpha value is -0.590. The molecule has 0 aliphatic heterocycles. The normalized spacial score (nSPS) is 15.8. The van der Waals surface area contributed by atoms with Gasteiger partial charge in [0.25, 0.3) is 0 Å². The fourth-order valence-electron chi connectivity index (χ4n) is 0.746. The van der Waals surface area contributed by atoms with Crippen LogP contribution >= 0.6 is 0 Å². The minimum absolute atomic E-state index is 0.0162. The Kier molecular flexibility index (Phi) is 5.81. The first-order chi connectivity index (χ1) is 5.20. The van der Waals surface area contributed by atoms with Crippen LogP contribution in [0.15, 0.2) is 24.1 Å². The van der Waals surface area contributed by atoms with Crippen LogP contribution in [0.1, 0.15) is 33.6 Å². The third kappa shape index (κ3) is 5.84. The molecule has 0 bridgehead atoms. The molecule has 0 nitrogen and oxygen atoms in total. The highest BCUT2D eigenvalue weighted by Gasteiger charge is 2.00. The van der Waals surface area contributed by atoms with E-state index in [9.17, 15) is 4.39 Å². The molecule has 0 spiro atoms. The molecule has 0 saturated heterocycles. The summed E-state index contributed by atoms with van der Waals surface area (Å²) in [4.78, 5) is 0. The van der Waals surface area contributed by atoms with Crippen molar-refractivity contribution in [2.75, 3.05) is 0 Å². The van der Waals surface area contributed by atoms with E-state index in [-0.39, 0.29) is 5.83 Å². The Morgan fingerprint density at radius 1 is 1.55 bits per heavy atom. The highest BCUT2D eigenvalue weighted by molar-refractivity contribution is 5.06. The Bertz CT molecular complexity index is 145. The highest BCUT2D eigenvalue weighted by Crippen LogP contribution is 2.14. The van der Waals surface area contributed by atoms with Crippen LogP contribution in [-0.2, 0) is 0 Å². The van der Waals surface area contributed by atoms with Crippen LogP contribution in [0.4, 0.5) is 4.39 Å². The first-order valence-corrected chi connectivity index (χ1v) is 4.18. The van der Waals surface area contributed by atoms with E-state index in [1.165, 1.54) is 6.08 Å². The van der Waals surface area contributed by atoms with E-state index in [1.54, 1.807) is 6.08 Å². The van der Waals surface area contributed by atoms with Gasteiger partial charge in [0, 0.05) is 6.42 Å². The molecule has 0 aromatic carbocycles. The van der Waals surface area contributed by atoms with Gasteiger partial charge in [-0.1, -0.05) is 32.4 Å². The number of allylic oxidation sites excluding steroid dienone is 4. The van der Waals surface area contributed by atoms with Crippen LogP contribution in [-0.4, -0.2) is 0 Å². The Balaban J connectivity index is 3.75. The highest BCUT2D eigenvalue weighted by atomic mass is 19.1. The van der Waals surface area contributed by atoms with Crippen molar-refractivity contribution < 1.29 is 4.39 Å². The summed E-state index contributed by atoms with van der Waals surface area (Å²) in [6.45, 7) is 6.02. The lowest BCUT2D eigenvalue weighted by Crippen LogP contribution is -1.91. The molecule has 64 valence electrons. The summed E-state index contributed by atoms with van der Waals surface area (Å²) in [6, 6.07) is 0. The average Bonchev–Trinajstić information content (AvgIpc) is 2.00. The lowest BCUT2D eigenvalue weighted by molar-refractivity contribution is 0.478. The second kappa shape index (κ2) is 6.14. The van der Waals surface area contributed by atoms with Gasteiger partial charge in [-0.15, -0.1) is 0 Å². The van der Waals surface area contributed by atoms with Gasteiger partial charge in [0.1, 0.15) is 5.83 Å². The van der Waals surface area contributed by atoms with E-state index in [0.717, 1.165) is 6.42 Å². The monoisotopic (exact) mass is 156 g/mol. The van der Waals surface area contributed by atoms with Crippen molar-refractivity contribution in [2.45, 2.75) is 33.6 Å². The summed E-state index contributed by atoms with van der Waals surface area (Å²) in [6.07, 6.45) is 6.71. The maximum atomic E-state index is 12.8. The van der Waals surface area contributed by atoms with E-state index in [1.807, 2.05) is 13.0 Å².